The Kier molecular flexibility index (Phi) is 0.474. The lowest BCUT2D eigenvalue weighted by molar-refractivity contribution is -0.650. The van der Waals surface area contributed by atoms with Crippen molar-refractivity contribution in [2.75, 3.05) is 13.1 Å². The second-order valence-electron chi connectivity index (χ2n) is 2.65. The Morgan fingerprint density at radius 1 is 1.86 bits per heavy atom. The van der Waals surface area contributed by atoms with Gasteiger partial charge in [0.25, 0.3) is 0 Å². The summed E-state index contributed by atoms with van der Waals surface area (Å²) >= 11 is 0. The van der Waals surface area contributed by atoms with E-state index >= 15 is 0 Å². The molecule has 40 valence electrons. The minimum Gasteiger partial charge on any atom is -0.354 e. The van der Waals surface area contributed by atoms with E-state index in [1.807, 2.05) is 0 Å². The van der Waals surface area contributed by atoms with Crippen LogP contribution in [0, 0.1) is 0 Å². The standard InChI is InChI=1S/C5H9NO/c1-5-3-6-2-4(5)7-5/h4,6H,2-3H2,1H3/p+1. The Labute approximate surface area is 42.9 Å². The van der Waals surface area contributed by atoms with E-state index in [4.69, 9.17) is 4.74 Å². The molecule has 2 rings (SSSR count). The molecule has 7 heavy (non-hydrogen) atoms. The first-order valence-electron chi connectivity index (χ1n) is 2.81. The number of hydrogen-bond acceptors (Lipinski definition) is 1. The number of hydrogen-bond donors (Lipinski definition) is 1. The predicted octanol–water partition coefficient (Wildman–Crippen LogP) is -1.28. The number of morpholine rings is 1. The topological polar surface area (TPSA) is 29.1 Å². The molecule has 2 atom stereocenters. The lowest BCUT2D eigenvalue weighted by Crippen LogP contribution is -2.83. The van der Waals surface area contributed by atoms with Crippen molar-refractivity contribution in [2.24, 2.45) is 0 Å². The zero-order valence-corrected chi connectivity index (χ0v) is 4.48. The zero-order chi connectivity index (χ0) is 4.91. The van der Waals surface area contributed by atoms with Crippen molar-refractivity contribution >= 4 is 0 Å². The van der Waals surface area contributed by atoms with Gasteiger partial charge in [0.1, 0.15) is 24.8 Å². The average Bonchev–Trinajstić information content (AvgIpc) is 2.09. The maximum absolute atomic E-state index is 5.31. The molecule has 2 nitrogen and oxygen atoms in total. The van der Waals surface area contributed by atoms with Crippen LogP contribution in [-0.2, 0) is 4.74 Å². The average molecular weight is 100 g/mol. The SMILES string of the molecule is CC12C[NH2+]CC1O2. The van der Waals surface area contributed by atoms with Crippen molar-refractivity contribution in [3.05, 3.63) is 0 Å². The second kappa shape index (κ2) is 0.858. The molecular formula is C5H10NO+. The molecule has 2 N–H and O–H groups in total. The van der Waals surface area contributed by atoms with Crippen LogP contribution in [0.25, 0.3) is 0 Å². The molecule has 0 saturated carbocycles. The molecule has 0 aromatic rings. The molecule has 2 unspecified atom stereocenters. The van der Waals surface area contributed by atoms with Crippen LogP contribution in [0.3, 0.4) is 0 Å². The van der Waals surface area contributed by atoms with Gasteiger partial charge in [0, 0.05) is 0 Å². The third-order valence-corrected chi connectivity index (χ3v) is 1.97. The molecule has 2 heteroatoms. The molecule has 0 aliphatic carbocycles. The van der Waals surface area contributed by atoms with E-state index in [0.29, 0.717) is 11.7 Å². The maximum Gasteiger partial charge on any atom is 0.146 e. The summed E-state index contributed by atoms with van der Waals surface area (Å²) in [5, 5.41) is 2.31. The van der Waals surface area contributed by atoms with Gasteiger partial charge in [0.05, 0.1) is 0 Å². The molecule has 0 aromatic carbocycles. The quantitative estimate of drug-likeness (QED) is 0.377. The Hall–Kier alpha value is -0.0800. The summed E-state index contributed by atoms with van der Waals surface area (Å²) in [6.45, 7) is 4.55. The van der Waals surface area contributed by atoms with Crippen molar-refractivity contribution in [1.29, 1.82) is 0 Å². The van der Waals surface area contributed by atoms with Crippen molar-refractivity contribution in [2.45, 2.75) is 18.6 Å². The highest BCUT2D eigenvalue weighted by Crippen LogP contribution is 2.35. The summed E-state index contributed by atoms with van der Waals surface area (Å²) in [6, 6.07) is 0. The summed E-state index contributed by atoms with van der Waals surface area (Å²) in [5.41, 5.74) is 0.306. The minimum absolute atomic E-state index is 0.306. The van der Waals surface area contributed by atoms with Crippen molar-refractivity contribution in [1.82, 2.24) is 0 Å². The van der Waals surface area contributed by atoms with Crippen molar-refractivity contribution in [3.63, 3.8) is 0 Å². The van der Waals surface area contributed by atoms with Gasteiger partial charge in [-0.15, -0.1) is 0 Å². The van der Waals surface area contributed by atoms with Gasteiger partial charge in [-0.1, -0.05) is 0 Å². The number of fused-ring (bicyclic) bond motifs is 1. The first-order valence-corrected chi connectivity index (χ1v) is 2.81. The Bertz CT molecular complexity index is 102. The van der Waals surface area contributed by atoms with Crippen LogP contribution in [0.1, 0.15) is 6.92 Å². The van der Waals surface area contributed by atoms with Gasteiger partial charge in [0.15, 0.2) is 0 Å². The lowest BCUT2D eigenvalue weighted by atomic mass is 10.2. The number of ether oxygens (including phenoxy) is 1. The Balaban J connectivity index is 2.17. The second-order valence-corrected chi connectivity index (χ2v) is 2.65. The van der Waals surface area contributed by atoms with E-state index in [1.165, 1.54) is 13.1 Å². The van der Waals surface area contributed by atoms with Crippen LogP contribution in [0.5, 0.6) is 0 Å². The third-order valence-electron chi connectivity index (χ3n) is 1.97. The van der Waals surface area contributed by atoms with Crippen molar-refractivity contribution in [3.8, 4) is 0 Å². The summed E-state index contributed by atoms with van der Waals surface area (Å²) in [5.74, 6) is 0. The highest BCUT2D eigenvalue weighted by Gasteiger charge is 2.59. The minimum atomic E-state index is 0.306. The third kappa shape index (κ3) is 0.359. The van der Waals surface area contributed by atoms with E-state index in [0.717, 1.165) is 0 Å². The molecule has 2 saturated heterocycles. The van der Waals surface area contributed by atoms with E-state index in [-0.39, 0.29) is 0 Å². The first-order chi connectivity index (χ1) is 3.31. The van der Waals surface area contributed by atoms with Crippen molar-refractivity contribution < 1.29 is 10.1 Å². The molecule has 0 bridgehead atoms. The van der Waals surface area contributed by atoms with Gasteiger partial charge < -0.3 is 10.1 Å². The van der Waals surface area contributed by atoms with E-state index in [2.05, 4.69) is 12.2 Å². The molecule has 0 aromatic heterocycles. The number of rotatable bonds is 0. The molecule has 2 aliphatic heterocycles. The molecule has 0 radical (unpaired) electrons. The largest absolute Gasteiger partial charge is 0.354 e. The first kappa shape index (κ1) is 3.87. The van der Waals surface area contributed by atoms with Gasteiger partial charge in [-0.3, -0.25) is 0 Å². The summed E-state index contributed by atoms with van der Waals surface area (Å²) < 4.78 is 5.31. The van der Waals surface area contributed by atoms with Crippen LogP contribution in [0.2, 0.25) is 0 Å². The van der Waals surface area contributed by atoms with E-state index < -0.39 is 0 Å². The molecular weight excluding hydrogens is 90.1 g/mol. The number of epoxide rings is 1. The molecule has 2 fully saturated rings. The lowest BCUT2D eigenvalue weighted by Gasteiger charge is -1.92. The molecule has 0 amide bonds. The number of quaternary nitrogens is 1. The van der Waals surface area contributed by atoms with Gasteiger partial charge in [0.2, 0.25) is 0 Å². The zero-order valence-electron chi connectivity index (χ0n) is 4.48. The van der Waals surface area contributed by atoms with Crippen LogP contribution < -0.4 is 5.32 Å². The fourth-order valence-corrected chi connectivity index (χ4v) is 1.29. The smallest absolute Gasteiger partial charge is 0.146 e. The van der Waals surface area contributed by atoms with Crippen LogP contribution >= 0.6 is 0 Å². The fraction of sp³-hybridized carbons (Fsp3) is 1.00. The van der Waals surface area contributed by atoms with E-state index in [9.17, 15) is 0 Å². The Morgan fingerprint density at radius 2 is 2.71 bits per heavy atom. The molecule has 2 aliphatic rings. The maximum atomic E-state index is 5.31. The summed E-state index contributed by atoms with van der Waals surface area (Å²) in [6.07, 6.45) is 0.604. The highest BCUT2D eigenvalue weighted by atomic mass is 16.6. The molecule has 0 spiro atoms. The van der Waals surface area contributed by atoms with Gasteiger partial charge in [-0.25, -0.2) is 0 Å². The van der Waals surface area contributed by atoms with Crippen LogP contribution in [-0.4, -0.2) is 24.8 Å². The predicted molar refractivity (Wildman–Crippen MR) is 24.9 cm³/mol. The van der Waals surface area contributed by atoms with Gasteiger partial charge in [-0.05, 0) is 6.92 Å². The Morgan fingerprint density at radius 3 is 2.86 bits per heavy atom. The number of nitrogens with two attached hydrogens (primary N) is 1. The summed E-state index contributed by atoms with van der Waals surface area (Å²) in [4.78, 5) is 0. The van der Waals surface area contributed by atoms with Crippen LogP contribution in [0.4, 0.5) is 0 Å². The van der Waals surface area contributed by atoms with E-state index in [1.54, 1.807) is 0 Å². The highest BCUT2D eigenvalue weighted by molar-refractivity contribution is 5.00. The van der Waals surface area contributed by atoms with Crippen LogP contribution in [0.15, 0.2) is 0 Å². The fourth-order valence-electron chi connectivity index (χ4n) is 1.29. The monoisotopic (exact) mass is 100 g/mol. The normalized spacial score (nSPS) is 57.0. The molecule has 2 heterocycles. The van der Waals surface area contributed by atoms with Gasteiger partial charge >= 0.3 is 0 Å². The van der Waals surface area contributed by atoms with Gasteiger partial charge in [-0.2, -0.15) is 0 Å². The summed E-state index contributed by atoms with van der Waals surface area (Å²) in [7, 11) is 0.